The van der Waals surface area contributed by atoms with E-state index in [0.717, 1.165) is 6.42 Å². The van der Waals surface area contributed by atoms with Crippen LogP contribution in [0.5, 0.6) is 0 Å². The van der Waals surface area contributed by atoms with Crippen LogP contribution in [-0.4, -0.2) is 6.21 Å². The van der Waals surface area contributed by atoms with Gasteiger partial charge in [-0.05, 0) is 13.3 Å². The fourth-order valence-electron chi connectivity index (χ4n) is 0.351. The SMILES string of the molecule is C/C=C\N=CCCC.CC. The molecule has 0 atom stereocenters. The molecule has 0 spiro atoms. The first-order valence-corrected chi connectivity index (χ1v) is 4.04. The van der Waals surface area contributed by atoms with Crippen molar-refractivity contribution >= 4 is 6.21 Å². The van der Waals surface area contributed by atoms with Crippen molar-refractivity contribution in [1.82, 2.24) is 0 Å². The van der Waals surface area contributed by atoms with Crippen LogP contribution >= 0.6 is 0 Å². The van der Waals surface area contributed by atoms with Crippen LogP contribution in [0.15, 0.2) is 17.3 Å². The summed E-state index contributed by atoms with van der Waals surface area (Å²) in [6.07, 6.45) is 7.92. The topological polar surface area (TPSA) is 12.4 Å². The number of hydrogen-bond acceptors (Lipinski definition) is 1. The number of allylic oxidation sites excluding steroid dienone is 1. The minimum absolute atomic E-state index is 1.09. The lowest BCUT2D eigenvalue weighted by Gasteiger charge is -1.78. The summed E-state index contributed by atoms with van der Waals surface area (Å²) >= 11 is 0. The lowest BCUT2D eigenvalue weighted by molar-refractivity contribution is 1.01. The highest BCUT2D eigenvalue weighted by Crippen LogP contribution is 1.80. The molecule has 0 unspecified atom stereocenters. The molecule has 0 N–H and O–H groups in total. The molecule has 1 nitrogen and oxygen atoms in total. The largest absolute Gasteiger partial charge is 0.269 e. The summed E-state index contributed by atoms with van der Waals surface area (Å²) < 4.78 is 0. The zero-order valence-electron chi connectivity index (χ0n) is 7.59. The van der Waals surface area contributed by atoms with E-state index in [1.54, 1.807) is 6.20 Å². The summed E-state index contributed by atoms with van der Waals surface area (Å²) in [5, 5.41) is 0. The third-order valence-corrected chi connectivity index (χ3v) is 0.758. The van der Waals surface area contributed by atoms with Crippen molar-refractivity contribution < 1.29 is 0 Å². The molecule has 0 radical (unpaired) electrons. The molecular weight excluding hydrogens is 122 g/mol. The Kier molecular flexibility index (Phi) is 19.1. The Morgan fingerprint density at radius 3 is 2.30 bits per heavy atom. The van der Waals surface area contributed by atoms with Gasteiger partial charge in [-0.2, -0.15) is 0 Å². The number of rotatable bonds is 3. The molecule has 0 fully saturated rings. The van der Waals surface area contributed by atoms with Gasteiger partial charge in [0.15, 0.2) is 0 Å². The standard InChI is InChI=1S/C7H13N.C2H6/c1-3-5-7-8-6-4-2;1-2/h4,6-7H,3,5H2,1-2H3;1-2H3/b6-4-,8-7?;. The van der Waals surface area contributed by atoms with Crippen LogP contribution in [0.4, 0.5) is 0 Å². The van der Waals surface area contributed by atoms with Gasteiger partial charge < -0.3 is 0 Å². The zero-order chi connectivity index (χ0) is 8.24. The first-order chi connectivity index (χ1) is 4.91. The van der Waals surface area contributed by atoms with Gasteiger partial charge in [-0.3, -0.25) is 4.99 Å². The van der Waals surface area contributed by atoms with Crippen LogP contribution in [0.2, 0.25) is 0 Å². The first-order valence-electron chi connectivity index (χ1n) is 4.04. The monoisotopic (exact) mass is 141 g/mol. The minimum Gasteiger partial charge on any atom is -0.269 e. The molecule has 0 aromatic heterocycles. The van der Waals surface area contributed by atoms with E-state index in [1.165, 1.54) is 6.42 Å². The minimum atomic E-state index is 1.09. The van der Waals surface area contributed by atoms with Gasteiger partial charge in [0.2, 0.25) is 0 Å². The molecule has 0 aliphatic carbocycles. The van der Waals surface area contributed by atoms with Gasteiger partial charge in [0.25, 0.3) is 0 Å². The Morgan fingerprint density at radius 2 is 1.90 bits per heavy atom. The van der Waals surface area contributed by atoms with E-state index in [-0.39, 0.29) is 0 Å². The van der Waals surface area contributed by atoms with Crippen LogP contribution in [-0.2, 0) is 0 Å². The Labute approximate surface area is 64.9 Å². The van der Waals surface area contributed by atoms with Crippen LogP contribution in [0.1, 0.15) is 40.5 Å². The molecule has 0 aromatic rings. The van der Waals surface area contributed by atoms with Gasteiger partial charge in [0.05, 0.1) is 0 Å². The second kappa shape index (κ2) is 15.8. The molecule has 0 aliphatic rings. The summed E-state index contributed by atoms with van der Waals surface area (Å²) in [5.41, 5.74) is 0. The molecule has 0 bridgehead atoms. The summed E-state index contributed by atoms with van der Waals surface area (Å²) in [7, 11) is 0. The summed E-state index contributed by atoms with van der Waals surface area (Å²) in [6, 6.07) is 0. The van der Waals surface area contributed by atoms with Gasteiger partial charge in [0, 0.05) is 12.4 Å². The Morgan fingerprint density at radius 1 is 1.30 bits per heavy atom. The van der Waals surface area contributed by atoms with E-state index in [4.69, 9.17) is 0 Å². The molecule has 0 aliphatic heterocycles. The van der Waals surface area contributed by atoms with Crippen molar-refractivity contribution in [2.45, 2.75) is 40.5 Å². The van der Waals surface area contributed by atoms with E-state index in [0.29, 0.717) is 0 Å². The molecule has 0 heterocycles. The molecule has 0 amide bonds. The lowest BCUT2D eigenvalue weighted by Crippen LogP contribution is -1.67. The lowest BCUT2D eigenvalue weighted by atomic mass is 10.4. The number of hydrogen-bond donors (Lipinski definition) is 0. The quantitative estimate of drug-likeness (QED) is 0.534. The van der Waals surface area contributed by atoms with Crippen molar-refractivity contribution in [2.24, 2.45) is 4.99 Å². The van der Waals surface area contributed by atoms with Gasteiger partial charge >= 0.3 is 0 Å². The number of unbranched alkanes of at least 4 members (excludes halogenated alkanes) is 1. The zero-order valence-corrected chi connectivity index (χ0v) is 7.59. The number of nitrogens with zero attached hydrogens (tertiary/aromatic N) is 1. The highest BCUT2D eigenvalue weighted by atomic mass is 14.7. The third-order valence-electron chi connectivity index (χ3n) is 0.758. The Hall–Kier alpha value is -0.590. The van der Waals surface area contributed by atoms with E-state index in [9.17, 15) is 0 Å². The molecule has 0 saturated carbocycles. The maximum absolute atomic E-state index is 3.97. The van der Waals surface area contributed by atoms with Gasteiger partial charge in [-0.1, -0.05) is 33.3 Å². The highest BCUT2D eigenvalue weighted by Gasteiger charge is 1.68. The predicted octanol–water partition coefficient (Wildman–Crippen LogP) is 3.42. The molecule has 1 heteroatoms. The Balaban J connectivity index is 0. The molecule has 0 aromatic carbocycles. The molecular formula is C9H19N. The highest BCUT2D eigenvalue weighted by molar-refractivity contribution is 5.57. The summed E-state index contributed by atoms with van der Waals surface area (Å²) in [4.78, 5) is 3.97. The Bertz CT molecular complexity index is 82.7. The van der Waals surface area contributed by atoms with Gasteiger partial charge in [0.1, 0.15) is 0 Å². The molecule has 0 saturated heterocycles. The van der Waals surface area contributed by atoms with E-state index in [1.807, 2.05) is 33.1 Å². The van der Waals surface area contributed by atoms with Crippen molar-refractivity contribution in [3.8, 4) is 0 Å². The van der Waals surface area contributed by atoms with Crippen molar-refractivity contribution in [3.05, 3.63) is 12.3 Å². The fourth-order valence-corrected chi connectivity index (χ4v) is 0.351. The van der Waals surface area contributed by atoms with Crippen LogP contribution in [0.25, 0.3) is 0 Å². The predicted molar refractivity (Wildman–Crippen MR) is 49.6 cm³/mol. The van der Waals surface area contributed by atoms with Gasteiger partial charge in [-0.25, -0.2) is 0 Å². The first kappa shape index (κ1) is 12.1. The summed E-state index contributed by atoms with van der Waals surface area (Å²) in [6.45, 7) is 8.10. The van der Waals surface area contributed by atoms with Crippen molar-refractivity contribution in [1.29, 1.82) is 0 Å². The van der Waals surface area contributed by atoms with Gasteiger partial charge in [-0.15, -0.1) is 0 Å². The van der Waals surface area contributed by atoms with Crippen LogP contribution in [0.3, 0.4) is 0 Å². The maximum atomic E-state index is 3.97. The normalized spacial score (nSPS) is 10.0. The summed E-state index contributed by atoms with van der Waals surface area (Å²) in [5.74, 6) is 0. The van der Waals surface area contributed by atoms with E-state index < -0.39 is 0 Å². The average Bonchev–Trinajstić information content (AvgIpc) is 2.02. The van der Waals surface area contributed by atoms with Crippen LogP contribution in [0, 0.1) is 0 Å². The molecule has 10 heavy (non-hydrogen) atoms. The third kappa shape index (κ3) is 15.7. The fraction of sp³-hybridized carbons (Fsp3) is 0.667. The van der Waals surface area contributed by atoms with Crippen LogP contribution < -0.4 is 0 Å². The van der Waals surface area contributed by atoms with E-state index >= 15 is 0 Å². The van der Waals surface area contributed by atoms with Crippen molar-refractivity contribution in [3.63, 3.8) is 0 Å². The molecule has 0 rings (SSSR count). The second-order valence-electron chi connectivity index (χ2n) is 1.60. The molecule has 60 valence electrons. The maximum Gasteiger partial charge on any atom is 0.0221 e. The smallest absolute Gasteiger partial charge is 0.0221 e. The van der Waals surface area contributed by atoms with Crippen molar-refractivity contribution in [2.75, 3.05) is 0 Å². The number of aliphatic imine (C=N–C) groups is 1. The second-order valence-corrected chi connectivity index (χ2v) is 1.60. The average molecular weight is 141 g/mol. The van der Waals surface area contributed by atoms with E-state index in [2.05, 4.69) is 11.9 Å².